The molecule has 5 heteroatoms. The lowest BCUT2D eigenvalue weighted by molar-refractivity contribution is -0.137. The average molecular weight is 294 g/mol. The van der Waals surface area contributed by atoms with Crippen LogP contribution in [0.4, 0.5) is 18.9 Å². The molecular formula is C16H17F3N2. The Morgan fingerprint density at radius 3 is 2.24 bits per heavy atom. The fourth-order valence-electron chi connectivity index (χ4n) is 2.04. The van der Waals surface area contributed by atoms with E-state index in [1.807, 2.05) is 31.2 Å². The van der Waals surface area contributed by atoms with E-state index in [1.54, 1.807) is 0 Å². The van der Waals surface area contributed by atoms with Gasteiger partial charge in [-0.3, -0.25) is 0 Å². The molecule has 1 atom stereocenters. The van der Waals surface area contributed by atoms with E-state index < -0.39 is 11.7 Å². The molecule has 0 heterocycles. The summed E-state index contributed by atoms with van der Waals surface area (Å²) in [4.78, 5) is 0. The molecule has 0 radical (unpaired) electrons. The number of anilines is 1. The normalized spacial score (nSPS) is 13.1. The van der Waals surface area contributed by atoms with Crippen molar-refractivity contribution in [2.75, 3.05) is 5.73 Å². The van der Waals surface area contributed by atoms with Gasteiger partial charge in [0.15, 0.2) is 0 Å². The van der Waals surface area contributed by atoms with Crippen LogP contribution in [0.2, 0.25) is 0 Å². The Kier molecular flexibility index (Phi) is 4.53. The van der Waals surface area contributed by atoms with Gasteiger partial charge in [0, 0.05) is 18.3 Å². The number of para-hydroxylation sites is 1. The van der Waals surface area contributed by atoms with Gasteiger partial charge in [-0.05, 0) is 36.2 Å². The molecule has 0 bridgehead atoms. The van der Waals surface area contributed by atoms with Crippen molar-refractivity contribution in [3.8, 4) is 0 Å². The number of alkyl halides is 3. The molecule has 0 saturated carbocycles. The van der Waals surface area contributed by atoms with Gasteiger partial charge in [-0.25, -0.2) is 0 Å². The van der Waals surface area contributed by atoms with Gasteiger partial charge >= 0.3 is 6.18 Å². The third-order valence-corrected chi connectivity index (χ3v) is 3.39. The van der Waals surface area contributed by atoms with Crippen LogP contribution in [-0.4, -0.2) is 0 Å². The summed E-state index contributed by atoms with van der Waals surface area (Å²) in [6, 6.07) is 12.6. The molecule has 0 fully saturated rings. The van der Waals surface area contributed by atoms with Crippen LogP contribution in [0.15, 0.2) is 48.5 Å². The third kappa shape index (κ3) is 3.98. The molecule has 0 aliphatic carbocycles. The Balaban J connectivity index is 2.01. The van der Waals surface area contributed by atoms with Crippen LogP contribution in [0.5, 0.6) is 0 Å². The molecule has 0 aromatic heterocycles. The van der Waals surface area contributed by atoms with Crippen molar-refractivity contribution in [2.45, 2.75) is 25.7 Å². The van der Waals surface area contributed by atoms with E-state index in [4.69, 9.17) is 5.73 Å². The van der Waals surface area contributed by atoms with Crippen LogP contribution < -0.4 is 11.1 Å². The minimum Gasteiger partial charge on any atom is -0.398 e. The molecule has 2 nitrogen and oxygen atoms in total. The van der Waals surface area contributed by atoms with E-state index >= 15 is 0 Å². The number of nitrogens with two attached hydrogens (primary N) is 1. The van der Waals surface area contributed by atoms with Gasteiger partial charge in [-0.1, -0.05) is 30.3 Å². The minimum atomic E-state index is -4.30. The van der Waals surface area contributed by atoms with Crippen LogP contribution >= 0.6 is 0 Å². The van der Waals surface area contributed by atoms with Gasteiger partial charge in [-0.15, -0.1) is 0 Å². The minimum absolute atomic E-state index is 0.0631. The molecule has 2 aromatic carbocycles. The van der Waals surface area contributed by atoms with E-state index in [2.05, 4.69) is 5.32 Å². The Morgan fingerprint density at radius 1 is 1.05 bits per heavy atom. The molecule has 0 saturated heterocycles. The zero-order valence-corrected chi connectivity index (χ0v) is 11.6. The van der Waals surface area contributed by atoms with Gasteiger partial charge in [0.2, 0.25) is 0 Å². The first-order valence-corrected chi connectivity index (χ1v) is 6.62. The highest BCUT2D eigenvalue weighted by molar-refractivity contribution is 5.46. The summed E-state index contributed by atoms with van der Waals surface area (Å²) in [6.07, 6.45) is -4.30. The number of nitrogen functional groups attached to an aromatic ring is 1. The van der Waals surface area contributed by atoms with Crippen LogP contribution in [0, 0.1) is 0 Å². The SMILES string of the molecule is CC(NCc1ccccc1N)c1ccc(C(F)(F)F)cc1. The molecule has 0 aliphatic heterocycles. The predicted molar refractivity (Wildman–Crippen MR) is 77.6 cm³/mol. The largest absolute Gasteiger partial charge is 0.416 e. The van der Waals surface area contributed by atoms with Crippen molar-refractivity contribution in [3.63, 3.8) is 0 Å². The number of halogens is 3. The topological polar surface area (TPSA) is 38.0 Å². The first-order valence-electron chi connectivity index (χ1n) is 6.62. The highest BCUT2D eigenvalue weighted by Gasteiger charge is 2.30. The molecule has 0 aliphatic rings. The first-order chi connectivity index (χ1) is 9.88. The fourth-order valence-corrected chi connectivity index (χ4v) is 2.04. The second-order valence-corrected chi connectivity index (χ2v) is 4.92. The second-order valence-electron chi connectivity index (χ2n) is 4.92. The molecular weight excluding hydrogens is 277 g/mol. The number of nitrogens with one attached hydrogen (secondary N) is 1. The Bertz CT molecular complexity index is 591. The molecule has 0 spiro atoms. The number of benzene rings is 2. The average Bonchev–Trinajstić information content (AvgIpc) is 2.45. The van der Waals surface area contributed by atoms with Crippen LogP contribution in [0.1, 0.15) is 29.7 Å². The van der Waals surface area contributed by atoms with E-state index in [0.717, 1.165) is 23.3 Å². The summed E-state index contributed by atoms with van der Waals surface area (Å²) >= 11 is 0. The molecule has 0 amide bonds. The molecule has 2 rings (SSSR count). The first kappa shape index (κ1) is 15.4. The molecule has 3 N–H and O–H groups in total. The highest BCUT2D eigenvalue weighted by atomic mass is 19.4. The van der Waals surface area contributed by atoms with Crippen molar-refractivity contribution in [3.05, 3.63) is 65.2 Å². The maximum Gasteiger partial charge on any atom is 0.416 e. The Labute approximate surface area is 121 Å². The van der Waals surface area contributed by atoms with Crippen molar-refractivity contribution in [2.24, 2.45) is 0 Å². The third-order valence-electron chi connectivity index (χ3n) is 3.39. The predicted octanol–water partition coefficient (Wildman–Crippen LogP) is 4.14. The smallest absolute Gasteiger partial charge is 0.398 e. The number of hydrogen-bond acceptors (Lipinski definition) is 2. The number of hydrogen-bond donors (Lipinski definition) is 2. The fraction of sp³-hybridized carbons (Fsp3) is 0.250. The number of rotatable bonds is 4. The molecule has 112 valence electrons. The standard InChI is InChI=1S/C16H17F3N2/c1-11(21-10-13-4-2-3-5-15(13)20)12-6-8-14(9-7-12)16(17,18)19/h2-9,11,21H,10,20H2,1H3. The van der Waals surface area contributed by atoms with Crippen LogP contribution in [0.3, 0.4) is 0 Å². The maximum absolute atomic E-state index is 12.5. The van der Waals surface area contributed by atoms with Gasteiger partial charge in [-0.2, -0.15) is 13.2 Å². The Morgan fingerprint density at radius 2 is 1.67 bits per heavy atom. The van der Waals surface area contributed by atoms with Gasteiger partial charge in [0.25, 0.3) is 0 Å². The molecule has 1 unspecified atom stereocenters. The summed E-state index contributed by atoms with van der Waals surface area (Å²) in [7, 11) is 0. The van der Waals surface area contributed by atoms with E-state index in [9.17, 15) is 13.2 Å². The quantitative estimate of drug-likeness (QED) is 0.832. The maximum atomic E-state index is 12.5. The van der Waals surface area contributed by atoms with Gasteiger partial charge in [0.1, 0.15) is 0 Å². The Hall–Kier alpha value is -2.01. The molecule has 21 heavy (non-hydrogen) atoms. The van der Waals surface area contributed by atoms with Crippen molar-refractivity contribution < 1.29 is 13.2 Å². The molecule has 2 aromatic rings. The summed E-state index contributed by atoms with van der Waals surface area (Å²) in [5.74, 6) is 0. The lowest BCUT2D eigenvalue weighted by Crippen LogP contribution is -2.19. The van der Waals surface area contributed by atoms with Gasteiger partial charge < -0.3 is 11.1 Å². The lowest BCUT2D eigenvalue weighted by atomic mass is 10.1. The van der Waals surface area contributed by atoms with Crippen molar-refractivity contribution in [1.29, 1.82) is 0 Å². The summed E-state index contributed by atoms with van der Waals surface area (Å²) in [6.45, 7) is 2.47. The van der Waals surface area contributed by atoms with E-state index in [-0.39, 0.29) is 6.04 Å². The van der Waals surface area contributed by atoms with E-state index in [1.165, 1.54) is 12.1 Å². The second kappa shape index (κ2) is 6.18. The van der Waals surface area contributed by atoms with Crippen LogP contribution in [-0.2, 0) is 12.7 Å². The zero-order valence-electron chi connectivity index (χ0n) is 11.6. The summed E-state index contributed by atoms with van der Waals surface area (Å²) in [5, 5.41) is 3.25. The van der Waals surface area contributed by atoms with Crippen LogP contribution in [0.25, 0.3) is 0 Å². The zero-order chi connectivity index (χ0) is 15.5. The summed E-state index contributed by atoms with van der Waals surface area (Å²) < 4.78 is 37.5. The monoisotopic (exact) mass is 294 g/mol. The van der Waals surface area contributed by atoms with Gasteiger partial charge in [0.05, 0.1) is 5.56 Å². The van der Waals surface area contributed by atoms with Crippen molar-refractivity contribution in [1.82, 2.24) is 5.32 Å². The van der Waals surface area contributed by atoms with E-state index in [0.29, 0.717) is 12.2 Å². The van der Waals surface area contributed by atoms with Crippen molar-refractivity contribution >= 4 is 5.69 Å². The summed E-state index contributed by atoms with van der Waals surface area (Å²) in [5.41, 5.74) is 7.69. The lowest BCUT2D eigenvalue weighted by Gasteiger charge is -2.16. The highest BCUT2D eigenvalue weighted by Crippen LogP contribution is 2.29.